The highest BCUT2D eigenvalue weighted by Crippen LogP contribution is 2.22. The minimum absolute atomic E-state index is 0.0201. The van der Waals surface area contributed by atoms with Gasteiger partial charge in [0.25, 0.3) is 5.82 Å². The second-order valence-corrected chi connectivity index (χ2v) is 4.33. The Hall–Kier alpha value is -3.08. The second kappa shape index (κ2) is 5.37. The Morgan fingerprint density at radius 2 is 2.18 bits per heavy atom. The van der Waals surface area contributed by atoms with Gasteiger partial charge in [0.2, 0.25) is 5.82 Å². The number of nitrogens with zero attached hydrogens (tertiary/aromatic N) is 7. The van der Waals surface area contributed by atoms with Crippen molar-refractivity contribution in [3.8, 4) is 11.6 Å². The SMILES string of the molecule is CNc1ccc2nnc(-c3ncc([N+](=O)[O-])n3CCO)n2n1. The monoisotopic (exact) mass is 304 g/mol. The standard InChI is InChI=1S/C11H12N8O3/c1-12-7-2-3-8-14-15-11(18(8)16-7)10-13-6-9(19(21)22)17(10)4-5-20/h2-3,6,20H,4-5H2,1H3,(H,12,16). The van der Waals surface area contributed by atoms with E-state index < -0.39 is 4.92 Å². The summed E-state index contributed by atoms with van der Waals surface area (Å²) in [7, 11) is 1.72. The fraction of sp³-hybridized carbons (Fsp3) is 0.273. The van der Waals surface area contributed by atoms with Gasteiger partial charge in [-0.25, -0.2) is 9.55 Å². The van der Waals surface area contributed by atoms with E-state index in [1.165, 1.54) is 9.08 Å². The fourth-order valence-corrected chi connectivity index (χ4v) is 2.07. The Balaban J connectivity index is 2.20. The summed E-state index contributed by atoms with van der Waals surface area (Å²) >= 11 is 0. The van der Waals surface area contributed by atoms with Crippen LogP contribution in [0.2, 0.25) is 0 Å². The highest BCUT2D eigenvalue weighted by molar-refractivity contribution is 5.55. The maximum atomic E-state index is 11.0. The zero-order valence-corrected chi connectivity index (χ0v) is 11.5. The molecule has 11 heteroatoms. The van der Waals surface area contributed by atoms with E-state index in [1.807, 2.05) is 0 Å². The second-order valence-electron chi connectivity index (χ2n) is 4.33. The highest BCUT2D eigenvalue weighted by atomic mass is 16.6. The Morgan fingerprint density at radius 3 is 2.86 bits per heavy atom. The summed E-state index contributed by atoms with van der Waals surface area (Å²) in [5.41, 5.74) is 0.482. The summed E-state index contributed by atoms with van der Waals surface area (Å²) < 4.78 is 2.70. The van der Waals surface area contributed by atoms with E-state index in [1.54, 1.807) is 19.2 Å². The van der Waals surface area contributed by atoms with Crippen LogP contribution in [0.5, 0.6) is 0 Å². The van der Waals surface area contributed by atoms with Crippen LogP contribution in [0.15, 0.2) is 18.3 Å². The highest BCUT2D eigenvalue weighted by Gasteiger charge is 2.25. The summed E-state index contributed by atoms with van der Waals surface area (Å²) in [5.74, 6) is 0.830. The third kappa shape index (κ3) is 2.13. The molecule has 0 amide bonds. The van der Waals surface area contributed by atoms with Crippen LogP contribution >= 0.6 is 0 Å². The molecule has 0 aliphatic carbocycles. The molecule has 114 valence electrons. The summed E-state index contributed by atoms with van der Waals surface area (Å²) in [6.07, 6.45) is 1.12. The third-order valence-corrected chi connectivity index (χ3v) is 3.06. The predicted molar refractivity (Wildman–Crippen MR) is 75.3 cm³/mol. The number of nitro groups is 1. The van der Waals surface area contributed by atoms with E-state index in [9.17, 15) is 10.1 Å². The van der Waals surface area contributed by atoms with Crippen LogP contribution in [0.3, 0.4) is 0 Å². The van der Waals surface area contributed by atoms with E-state index >= 15 is 0 Å². The lowest BCUT2D eigenvalue weighted by molar-refractivity contribution is -0.392. The lowest BCUT2D eigenvalue weighted by Gasteiger charge is -2.03. The van der Waals surface area contributed by atoms with E-state index in [2.05, 4.69) is 25.6 Å². The number of anilines is 1. The molecule has 0 saturated heterocycles. The lowest BCUT2D eigenvalue weighted by Crippen LogP contribution is -2.09. The molecule has 0 radical (unpaired) electrons. The summed E-state index contributed by atoms with van der Waals surface area (Å²) in [5, 5.41) is 35.3. The molecule has 3 heterocycles. The number of aliphatic hydroxyl groups is 1. The Kier molecular flexibility index (Phi) is 3.39. The number of imidazole rings is 1. The molecule has 22 heavy (non-hydrogen) atoms. The molecule has 3 aromatic rings. The zero-order valence-electron chi connectivity index (χ0n) is 11.5. The first-order valence-corrected chi connectivity index (χ1v) is 6.37. The molecule has 2 N–H and O–H groups in total. The topological polar surface area (TPSA) is 136 Å². The molecule has 0 aliphatic heterocycles. The largest absolute Gasteiger partial charge is 0.392 e. The van der Waals surface area contributed by atoms with Gasteiger partial charge in [0, 0.05) is 7.05 Å². The first-order chi connectivity index (χ1) is 10.7. The number of aliphatic hydroxyl groups excluding tert-OH is 1. The molecule has 0 spiro atoms. The van der Waals surface area contributed by atoms with E-state index in [0.29, 0.717) is 11.5 Å². The van der Waals surface area contributed by atoms with Crippen molar-refractivity contribution in [1.82, 2.24) is 29.4 Å². The van der Waals surface area contributed by atoms with Gasteiger partial charge in [-0.2, -0.15) is 4.52 Å². The number of nitrogens with one attached hydrogen (secondary N) is 1. The van der Waals surface area contributed by atoms with Crippen molar-refractivity contribution < 1.29 is 10.0 Å². The Labute approximate surface area is 123 Å². The van der Waals surface area contributed by atoms with Crippen molar-refractivity contribution >= 4 is 17.3 Å². The van der Waals surface area contributed by atoms with Crippen molar-refractivity contribution in [2.45, 2.75) is 6.54 Å². The van der Waals surface area contributed by atoms with Gasteiger partial charge in [-0.15, -0.1) is 15.3 Å². The summed E-state index contributed by atoms with van der Waals surface area (Å²) in [6, 6.07) is 3.44. The molecular weight excluding hydrogens is 292 g/mol. The van der Waals surface area contributed by atoms with Crippen molar-refractivity contribution in [3.05, 3.63) is 28.4 Å². The summed E-state index contributed by atoms with van der Waals surface area (Å²) in [6.45, 7) is -0.248. The molecule has 0 aromatic carbocycles. The van der Waals surface area contributed by atoms with Crippen molar-refractivity contribution in [2.24, 2.45) is 0 Å². The normalized spacial score (nSPS) is 11.0. The van der Waals surface area contributed by atoms with Gasteiger partial charge in [-0.05, 0) is 17.1 Å². The molecule has 0 unspecified atom stereocenters. The molecule has 0 saturated carbocycles. The van der Waals surface area contributed by atoms with Crippen molar-refractivity contribution in [1.29, 1.82) is 0 Å². The number of hydrogen-bond donors (Lipinski definition) is 2. The Bertz CT molecular complexity index is 839. The quantitative estimate of drug-likeness (QED) is 0.493. The molecule has 3 aromatic heterocycles. The number of fused-ring (bicyclic) bond motifs is 1. The molecular formula is C11H12N8O3. The zero-order chi connectivity index (χ0) is 15.7. The third-order valence-electron chi connectivity index (χ3n) is 3.06. The van der Waals surface area contributed by atoms with Gasteiger partial charge < -0.3 is 20.5 Å². The van der Waals surface area contributed by atoms with E-state index in [4.69, 9.17) is 5.11 Å². The molecule has 0 aliphatic rings. The van der Waals surface area contributed by atoms with Gasteiger partial charge in [0.05, 0.1) is 6.61 Å². The molecule has 0 bridgehead atoms. The van der Waals surface area contributed by atoms with Crippen LogP contribution in [0.4, 0.5) is 11.6 Å². The number of aromatic nitrogens is 6. The molecule has 0 atom stereocenters. The van der Waals surface area contributed by atoms with Gasteiger partial charge in [0.15, 0.2) is 5.65 Å². The maximum Gasteiger partial charge on any atom is 0.343 e. The average molecular weight is 304 g/mol. The van der Waals surface area contributed by atoms with Crippen LogP contribution in [0.1, 0.15) is 0 Å². The molecule has 3 rings (SSSR count). The van der Waals surface area contributed by atoms with Gasteiger partial charge in [-0.1, -0.05) is 0 Å². The summed E-state index contributed by atoms with van der Waals surface area (Å²) in [4.78, 5) is 14.5. The Morgan fingerprint density at radius 1 is 1.36 bits per heavy atom. The van der Waals surface area contributed by atoms with Crippen LogP contribution in [-0.4, -0.2) is 53.0 Å². The average Bonchev–Trinajstić information content (AvgIpc) is 3.10. The van der Waals surface area contributed by atoms with Crippen LogP contribution in [-0.2, 0) is 6.54 Å². The van der Waals surface area contributed by atoms with Crippen molar-refractivity contribution in [3.63, 3.8) is 0 Å². The first kappa shape index (κ1) is 13.9. The predicted octanol–water partition coefficient (Wildman–Crippen LogP) is -0.0700. The van der Waals surface area contributed by atoms with Gasteiger partial charge in [-0.3, -0.25) is 0 Å². The smallest absolute Gasteiger partial charge is 0.343 e. The van der Waals surface area contributed by atoms with Crippen LogP contribution < -0.4 is 5.32 Å². The van der Waals surface area contributed by atoms with Gasteiger partial charge >= 0.3 is 5.82 Å². The van der Waals surface area contributed by atoms with Crippen LogP contribution in [0.25, 0.3) is 17.3 Å². The first-order valence-electron chi connectivity index (χ1n) is 6.37. The van der Waals surface area contributed by atoms with Crippen LogP contribution in [0, 0.1) is 10.1 Å². The van der Waals surface area contributed by atoms with E-state index in [0.717, 1.165) is 6.20 Å². The van der Waals surface area contributed by atoms with Crippen molar-refractivity contribution in [2.75, 3.05) is 19.0 Å². The lowest BCUT2D eigenvalue weighted by atomic mass is 10.5. The molecule has 0 fully saturated rings. The number of rotatable bonds is 5. The minimum atomic E-state index is -0.568. The number of hydrogen-bond acceptors (Lipinski definition) is 8. The maximum absolute atomic E-state index is 11.0. The fourth-order valence-electron chi connectivity index (χ4n) is 2.07. The van der Waals surface area contributed by atoms with Gasteiger partial charge in [0.1, 0.15) is 18.6 Å². The minimum Gasteiger partial charge on any atom is -0.392 e. The molecule has 11 nitrogen and oxygen atoms in total. The van der Waals surface area contributed by atoms with E-state index in [-0.39, 0.29) is 30.6 Å².